The molecule has 0 fully saturated rings. The first-order valence-corrected chi connectivity index (χ1v) is 8.97. The van der Waals surface area contributed by atoms with Gasteiger partial charge in [-0.05, 0) is 42.5 Å². The molecule has 0 atom stereocenters. The molecular formula is C18H14BrClFN3O2. The summed E-state index contributed by atoms with van der Waals surface area (Å²) >= 11 is 9.12. The molecule has 2 aromatic carbocycles. The van der Waals surface area contributed by atoms with Gasteiger partial charge in [0.1, 0.15) is 5.82 Å². The molecule has 8 heteroatoms. The Balaban J connectivity index is 1.52. The second kappa shape index (κ2) is 8.42. The summed E-state index contributed by atoms with van der Waals surface area (Å²) < 4.78 is 19.6. The second-order valence-electron chi connectivity index (χ2n) is 5.53. The van der Waals surface area contributed by atoms with E-state index < -0.39 is 0 Å². The van der Waals surface area contributed by atoms with Crippen molar-refractivity contribution in [2.24, 2.45) is 0 Å². The third-order valence-electron chi connectivity index (χ3n) is 3.62. The highest BCUT2D eigenvalue weighted by atomic mass is 79.9. The number of hydrogen-bond donors (Lipinski definition) is 1. The van der Waals surface area contributed by atoms with Crippen LogP contribution in [-0.4, -0.2) is 16.0 Å². The predicted molar refractivity (Wildman–Crippen MR) is 99.0 cm³/mol. The summed E-state index contributed by atoms with van der Waals surface area (Å²) in [5, 5.41) is 7.19. The lowest BCUT2D eigenvalue weighted by Crippen LogP contribution is -2.23. The zero-order valence-corrected chi connectivity index (χ0v) is 15.8. The lowest BCUT2D eigenvalue weighted by Gasteiger charge is -2.06. The fraction of sp³-hybridized carbons (Fsp3) is 0.167. The molecule has 0 aliphatic rings. The van der Waals surface area contributed by atoms with E-state index in [1.165, 1.54) is 6.07 Å². The number of carbonyl (C=O) groups excluding carboxylic acids is 1. The number of amides is 1. The van der Waals surface area contributed by atoms with Gasteiger partial charge in [-0.2, -0.15) is 4.98 Å². The van der Waals surface area contributed by atoms with E-state index in [0.717, 1.165) is 10.0 Å². The van der Waals surface area contributed by atoms with Crippen molar-refractivity contribution in [1.82, 2.24) is 15.5 Å². The molecule has 5 nitrogen and oxygen atoms in total. The molecule has 3 rings (SSSR count). The van der Waals surface area contributed by atoms with Gasteiger partial charge in [0.2, 0.25) is 17.6 Å². The lowest BCUT2D eigenvalue weighted by atomic mass is 10.2. The molecule has 0 aliphatic heterocycles. The third-order valence-corrected chi connectivity index (χ3v) is 4.37. The summed E-state index contributed by atoms with van der Waals surface area (Å²) in [4.78, 5) is 16.2. The van der Waals surface area contributed by atoms with E-state index >= 15 is 0 Å². The van der Waals surface area contributed by atoms with Gasteiger partial charge in [-0.1, -0.05) is 32.7 Å². The van der Waals surface area contributed by atoms with Crippen molar-refractivity contribution >= 4 is 33.4 Å². The largest absolute Gasteiger partial charge is 0.352 e. The Hall–Kier alpha value is -2.25. The topological polar surface area (TPSA) is 68.0 Å². The van der Waals surface area contributed by atoms with Crippen LogP contribution in [-0.2, 0) is 17.8 Å². The molecule has 26 heavy (non-hydrogen) atoms. The average Bonchev–Trinajstić information content (AvgIpc) is 3.10. The quantitative estimate of drug-likeness (QED) is 0.613. The van der Waals surface area contributed by atoms with E-state index in [1.54, 1.807) is 36.4 Å². The van der Waals surface area contributed by atoms with Crippen molar-refractivity contribution in [3.63, 3.8) is 0 Å². The van der Waals surface area contributed by atoms with Gasteiger partial charge < -0.3 is 9.84 Å². The number of aromatic nitrogens is 2. The first kappa shape index (κ1) is 18.5. The van der Waals surface area contributed by atoms with E-state index in [1.807, 2.05) is 0 Å². The summed E-state index contributed by atoms with van der Waals surface area (Å²) in [6.45, 7) is 0.115. The van der Waals surface area contributed by atoms with Crippen LogP contribution in [0.5, 0.6) is 0 Å². The van der Waals surface area contributed by atoms with Crippen LogP contribution in [0.25, 0.3) is 11.4 Å². The zero-order valence-electron chi connectivity index (χ0n) is 13.5. The number of rotatable bonds is 6. The van der Waals surface area contributed by atoms with Crippen molar-refractivity contribution < 1.29 is 13.7 Å². The van der Waals surface area contributed by atoms with Crippen LogP contribution in [0.15, 0.2) is 51.5 Å². The summed E-state index contributed by atoms with van der Waals surface area (Å²) in [5.74, 6) is 0.209. The molecule has 0 unspecified atom stereocenters. The standard InChI is InChI=1S/C18H14BrClFN3O2/c19-13-3-6-15(21)12(9-13)10-22-16(25)7-8-17-23-18(24-26-17)11-1-4-14(20)5-2-11/h1-6,9H,7-8,10H2,(H,22,25). The van der Waals surface area contributed by atoms with E-state index in [0.29, 0.717) is 28.7 Å². The van der Waals surface area contributed by atoms with Crippen molar-refractivity contribution in [2.45, 2.75) is 19.4 Å². The maximum absolute atomic E-state index is 13.6. The van der Waals surface area contributed by atoms with E-state index in [9.17, 15) is 9.18 Å². The maximum Gasteiger partial charge on any atom is 0.227 e. The fourth-order valence-electron chi connectivity index (χ4n) is 2.25. The number of carbonyl (C=O) groups is 1. The summed E-state index contributed by atoms with van der Waals surface area (Å²) in [6.07, 6.45) is 0.464. The molecule has 0 spiro atoms. The Kier molecular flexibility index (Phi) is 6.00. The molecule has 1 aromatic heterocycles. The van der Waals surface area contributed by atoms with Crippen molar-refractivity contribution in [2.75, 3.05) is 0 Å². The van der Waals surface area contributed by atoms with Crippen molar-refractivity contribution in [3.05, 3.63) is 69.2 Å². The number of benzene rings is 2. The Labute approximate surface area is 162 Å². The molecule has 134 valence electrons. The van der Waals surface area contributed by atoms with E-state index in [4.69, 9.17) is 16.1 Å². The van der Waals surface area contributed by atoms with Crippen LogP contribution < -0.4 is 5.32 Å². The van der Waals surface area contributed by atoms with Gasteiger partial charge in [-0.25, -0.2) is 4.39 Å². The van der Waals surface area contributed by atoms with Gasteiger partial charge in [0, 0.05) is 40.0 Å². The summed E-state index contributed by atoms with van der Waals surface area (Å²) in [5.41, 5.74) is 1.19. The second-order valence-corrected chi connectivity index (χ2v) is 6.88. The SMILES string of the molecule is O=C(CCc1nc(-c2ccc(Cl)cc2)no1)NCc1cc(Br)ccc1F. The molecule has 0 saturated carbocycles. The van der Waals surface area contributed by atoms with Crippen LogP contribution in [0.4, 0.5) is 4.39 Å². The number of halogens is 3. The highest BCUT2D eigenvalue weighted by Crippen LogP contribution is 2.19. The van der Waals surface area contributed by atoms with Gasteiger partial charge in [-0.15, -0.1) is 0 Å². The number of hydrogen-bond acceptors (Lipinski definition) is 4. The van der Waals surface area contributed by atoms with Gasteiger partial charge >= 0.3 is 0 Å². The Morgan fingerprint density at radius 1 is 1.23 bits per heavy atom. The smallest absolute Gasteiger partial charge is 0.227 e. The molecule has 0 saturated heterocycles. The van der Waals surface area contributed by atoms with Gasteiger partial charge in [0.05, 0.1) is 0 Å². The molecule has 1 amide bonds. The van der Waals surface area contributed by atoms with Crippen LogP contribution >= 0.6 is 27.5 Å². The Morgan fingerprint density at radius 3 is 2.77 bits per heavy atom. The molecule has 3 aromatic rings. The minimum atomic E-state index is -0.363. The highest BCUT2D eigenvalue weighted by Gasteiger charge is 2.11. The minimum absolute atomic E-state index is 0.115. The van der Waals surface area contributed by atoms with Gasteiger partial charge in [0.15, 0.2) is 0 Å². The van der Waals surface area contributed by atoms with Gasteiger partial charge in [0.25, 0.3) is 0 Å². The average molecular weight is 439 g/mol. The van der Waals surface area contributed by atoms with Crippen molar-refractivity contribution in [1.29, 1.82) is 0 Å². The van der Waals surface area contributed by atoms with Crippen LogP contribution in [0.2, 0.25) is 5.02 Å². The normalized spacial score (nSPS) is 10.7. The maximum atomic E-state index is 13.6. The van der Waals surface area contributed by atoms with Crippen LogP contribution in [0, 0.1) is 5.82 Å². The molecule has 0 bridgehead atoms. The van der Waals surface area contributed by atoms with Crippen molar-refractivity contribution in [3.8, 4) is 11.4 Å². The Morgan fingerprint density at radius 2 is 2.00 bits per heavy atom. The first-order valence-electron chi connectivity index (χ1n) is 7.80. The third kappa shape index (κ3) is 4.89. The molecule has 1 N–H and O–H groups in total. The zero-order chi connectivity index (χ0) is 18.5. The highest BCUT2D eigenvalue weighted by molar-refractivity contribution is 9.10. The number of nitrogens with one attached hydrogen (secondary N) is 1. The first-order chi connectivity index (χ1) is 12.5. The molecule has 0 radical (unpaired) electrons. The van der Waals surface area contributed by atoms with Crippen LogP contribution in [0.3, 0.4) is 0 Å². The number of aryl methyl sites for hydroxylation is 1. The van der Waals surface area contributed by atoms with E-state index in [2.05, 4.69) is 31.4 Å². The fourth-order valence-corrected chi connectivity index (χ4v) is 2.79. The number of nitrogens with zero attached hydrogens (tertiary/aromatic N) is 2. The Bertz CT molecular complexity index is 915. The summed E-state index contributed by atoms with van der Waals surface area (Å²) in [7, 11) is 0. The minimum Gasteiger partial charge on any atom is -0.352 e. The van der Waals surface area contributed by atoms with Gasteiger partial charge in [-0.3, -0.25) is 4.79 Å². The molecular weight excluding hydrogens is 425 g/mol. The predicted octanol–water partition coefficient (Wildman–Crippen LogP) is 4.54. The van der Waals surface area contributed by atoms with Crippen LogP contribution in [0.1, 0.15) is 17.9 Å². The molecule has 1 heterocycles. The lowest BCUT2D eigenvalue weighted by molar-refractivity contribution is -0.121. The monoisotopic (exact) mass is 437 g/mol. The molecule has 0 aliphatic carbocycles. The summed E-state index contributed by atoms with van der Waals surface area (Å²) in [6, 6.07) is 11.6. The van der Waals surface area contributed by atoms with E-state index in [-0.39, 0.29) is 24.7 Å².